The van der Waals surface area contributed by atoms with Gasteiger partial charge in [0.15, 0.2) is 0 Å². The number of carbonyl (C=O) groups excluding carboxylic acids is 2. The molecule has 0 bridgehead atoms. The first-order valence-corrected chi connectivity index (χ1v) is 6.05. The summed E-state index contributed by atoms with van der Waals surface area (Å²) >= 11 is 0. The molecule has 1 atom stereocenters. The molecule has 0 aromatic rings. The molecule has 1 rings (SSSR count). The third-order valence-electron chi connectivity index (χ3n) is 2.92. The fourth-order valence-electron chi connectivity index (χ4n) is 2.02. The molecule has 1 saturated heterocycles. The van der Waals surface area contributed by atoms with Gasteiger partial charge < -0.3 is 21.1 Å². The maximum atomic E-state index is 11.8. The number of hydrogen-bond donors (Lipinski definition) is 3. The summed E-state index contributed by atoms with van der Waals surface area (Å²) in [7, 11) is 0. The molecular formula is C11H19N3O4. The lowest BCUT2D eigenvalue weighted by Crippen LogP contribution is -2.48. The SMILES string of the molecule is NCC(=O)N1CCC[C@H]1C(=O)NCCCC(=O)O. The standard InChI is InChI=1S/C11H19N3O4/c12-7-9(15)14-6-2-3-8(14)11(18)13-5-1-4-10(16)17/h8H,1-7,12H2,(H,13,18)(H,16,17)/t8-/m0/s1. The van der Waals surface area contributed by atoms with E-state index in [4.69, 9.17) is 10.8 Å². The molecule has 0 aromatic carbocycles. The molecule has 2 amide bonds. The summed E-state index contributed by atoms with van der Waals surface area (Å²) in [5, 5.41) is 11.1. The Morgan fingerprint density at radius 3 is 2.72 bits per heavy atom. The highest BCUT2D eigenvalue weighted by Gasteiger charge is 2.32. The van der Waals surface area contributed by atoms with Gasteiger partial charge in [0.2, 0.25) is 11.8 Å². The van der Waals surface area contributed by atoms with Crippen molar-refractivity contribution in [1.82, 2.24) is 10.2 Å². The first kappa shape index (κ1) is 14.4. The summed E-state index contributed by atoms with van der Waals surface area (Å²) < 4.78 is 0. The molecule has 7 nitrogen and oxygen atoms in total. The highest BCUT2D eigenvalue weighted by molar-refractivity contribution is 5.88. The van der Waals surface area contributed by atoms with Crippen molar-refractivity contribution in [3.05, 3.63) is 0 Å². The lowest BCUT2D eigenvalue weighted by atomic mass is 10.2. The van der Waals surface area contributed by atoms with E-state index in [0.29, 0.717) is 25.9 Å². The number of nitrogens with two attached hydrogens (primary N) is 1. The molecule has 102 valence electrons. The van der Waals surface area contributed by atoms with Crippen LogP contribution in [0.25, 0.3) is 0 Å². The van der Waals surface area contributed by atoms with Gasteiger partial charge in [0.05, 0.1) is 6.54 Å². The van der Waals surface area contributed by atoms with Crippen molar-refractivity contribution in [3.63, 3.8) is 0 Å². The van der Waals surface area contributed by atoms with Crippen LogP contribution in [-0.4, -0.2) is 53.5 Å². The van der Waals surface area contributed by atoms with Crippen LogP contribution in [0, 0.1) is 0 Å². The Morgan fingerprint density at radius 1 is 1.39 bits per heavy atom. The van der Waals surface area contributed by atoms with Crippen LogP contribution in [0.3, 0.4) is 0 Å². The fraction of sp³-hybridized carbons (Fsp3) is 0.727. The molecule has 0 aromatic heterocycles. The van der Waals surface area contributed by atoms with E-state index in [0.717, 1.165) is 6.42 Å². The molecule has 1 heterocycles. The van der Waals surface area contributed by atoms with Crippen LogP contribution in [0.4, 0.5) is 0 Å². The Kier molecular flexibility index (Phi) is 5.57. The maximum absolute atomic E-state index is 11.8. The average molecular weight is 257 g/mol. The molecule has 0 spiro atoms. The van der Waals surface area contributed by atoms with E-state index in [9.17, 15) is 14.4 Å². The molecule has 1 aliphatic heterocycles. The van der Waals surface area contributed by atoms with Crippen molar-refractivity contribution in [2.45, 2.75) is 31.7 Å². The van der Waals surface area contributed by atoms with Crippen LogP contribution in [-0.2, 0) is 14.4 Å². The molecule has 0 radical (unpaired) electrons. The Bertz CT molecular complexity index is 332. The van der Waals surface area contributed by atoms with Crippen molar-refractivity contribution >= 4 is 17.8 Å². The molecular weight excluding hydrogens is 238 g/mol. The van der Waals surface area contributed by atoms with Crippen LogP contribution in [0.1, 0.15) is 25.7 Å². The number of carbonyl (C=O) groups is 3. The highest BCUT2D eigenvalue weighted by atomic mass is 16.4. The number of nitrogens with one attached hydrogen (secondary N) is 1. The van der Waals surface area contributed by atoms with Gasteiger partial charge in [-0.1, -0.05) is 0 Å². The van der Waals surface area contributed by atoms with Gasteiger partial charge in [-0.05, 0) is 19.3 Å². The van der Waals surface area contributed by atoms with Crippen LogP contribution in [0.2, 0.25) is 0 Å². The quantitative estimate of drug-likeness (QED) is 0.524. The zero-order chi connectivity index (χ0) is 13.5. The predicted molar refractivity (Wildman–Crippen MR) is 63.7 cm³/mol. The topological polar surface area (TPSA) is 113 Å². The van der Waals surface area contributed by atoms with Gasteiger partial charge in [-0.2, -0.15) is 0 Å². The van der Waals surface area contributed by atoms with Gasteiger partial charge in [0, 0.05) is 19.5 Å². The van der Waals surface area contributed by atoms with E-state index in [1.807, 2.05) is 0 Å². The number of nitrogens with zero attached hydrogens (tertiary/aromatic N) is 1. The number of rotatable bonds is 6. The molecule has 18 heavy (non-hydrogen) atoms. The Morgan fingerprint density at radius 2 is 2.11 bits per heavy atom. The molecule has 4 N–H and O–H groups in total. The summed E-state index contributed by atoms with van der Waals surface area (Å²) in [6, 6.07) is -0.453. The van der Waals surface area contributed by atoms with Crippen LogP contribution in [0.15, 0.2) is 0 Å². The summed E-state index contributed by atoms with van der Waals surface area (Å²) in [4.78, 5) is 35.1. The Balaban J connectivity index is 2.36. The monoisotopic (exact) mass is 257 g/mol. The van der Waals surface area contributed by atoms with Crippen LogP contribution in [0.5, 0.6) is 0 Å². The van der Waals surface area contributed by atoms with Gasteiger partial charge in [-0.3, -0.25) is 14.4 Å². The second kappa shape index (κ2) is 6.95. The second-order valence-electron chi connectivity index (χ2n) is 4.24. The molecule has 0 unspecified atom stereocenters. The van der Waals surface area contributed by atoms with Crippen molar-refractivity contribution in [3.8, 4) is 0 Å². The Labute approximate surface area is 105 Å². The zero-order valence-corrected chi connectivity index (χ0v) is 10.2. The third kappa shape index (κ3) is 3.99. The van der Waals surface area contributed by atoms with E-state index in [1.54, 1.807) is 0 Å². The average Bonchev–Trinajstić information content (AvgIpc) is 2.82. The van der Waals surface area contributed by atoms with Gasteiger partial charge in [0.25, 0.3) is 0 Å². The number of hydrogen-bond acceptors (Lipinski definition) is 4. The van der Waals surface area contributed by atoms with E-state index < -0.39 is 12.0 Å². The smallest absolute Gasteiger partial charge is 0.303 e. The van der Waals surface area contributed by atoms with Gasteiger partial charge >= 0.3 is 5.97 Å². The van der Waals surface area contributed by atoms with Gasteiger partial charge in [-0.15, -0.1) is 0 Å². The molecule has 0 saturated carbocycles. The van der Waals surface area contributed by atoms with Gasteiger partial charge in [-0.25, -0.2) is 0 Å². The van der Waals surface area contributed by atoms with Gasteiger partial charge in [0.1, 0.15) is 6.04 Å². The maximum Gasteiger partial charge on any atom is 0.303 e. The predicted octanol–water partition coefficient (Wildman–Crippen LogP) is -1.08. The van der Waals surface area contributed by atoms with E-state index in [-0.39, 0.29) is 24.8 Å². The normalized spacial score (nSPS) is 18.7. The van der Waals surface area contributed by atoms with Crippen molar-refractivity contribution in [2.24, 2.45) is 5.73 Å². The lowest BCUT2D eigenvalue weighted by Gasteiger charge is -2.23. The molecule has 1 fully saturated rings. The van der Waals surface area contributed by atoms with Crippen LogP contribution >= 0.6 is 0 Å². The minimum Gasteiger partial charge on any atom is -0.481 e. The highest BCUT2D eigenvalue weighted by Crippen LogP contribution is 2.17. The fourth-order valence-corrected chi connectivity index (χ4v) is 2.02. The van der Waals surface area contributed by atoms with E-state index >= 15 is 0 Å². The number of aliphatic carboxylic acids is 1. The van der Waals surface area contributed by atoms with Crippen molar-refractivity contribution in [2.75, 3.05) is 19.6 Å². The van der Waals surface area contributed by atoms with E-state index in [2.05, 4.69) is 5.32 Å². The summed E-state index contributed by atoms with van der Waals surface area (Å²) in [6.45, 7) is 0.776. The summed E-state index contributed by atoms with van der Waals surface area (Å²) in [5.74, 6) is -1.33. The first-order valence-electron chi connectivity index (χ1n) is 6.05. The minimum absolute atomic E-state index is 0.0242. The molecule has 0 aliphatic carbocycles. The number of amides is 2. The zero-order valence-electron chi connectivity index (χ0n) is 10.2. The Hall–Kier alpha value is -1.63. The first-order chi connectivity index (χ1) is 8.56. The molecule has 1 aliphatic rings. The third-order valence-corrected chi connectivity index (χ3v) is 2.92. The summed E-state index contributed by atoms with van der Waals surface area (Å²) in [5.41, 5.74) is 5.28. The largest absolute Gasteiger partial charge is 0.481 e. The number of likely N-dealkylation sites (tertiary alicyclic amines) is 1. The number of carboxylic acid groups (broad SMARTS) is 1. The van der Waals surface area contributed by atoms with E-state index in [1.165, 1.54) is 4.90 Å². The van der Waals surface area contributed by atoms with Crippen molar-refractivity contribution < 1.29 is 19.5 Å². The van der Waals surface area contributed by atoms with Crippen LogP contribution < -0.4 is 11.1 Å². The summed E-state index contributed by atoms with van der Waals surface area (Å²) in [6.07, 6.45) is 1.84. The van der Waals surface area contributed by atoms with Crippen molar-refractivity contribution in [1.29, 1.82) is 0 Å². The second-order valence-corrected chi connectivity index (χ2v) is 4.24. The molecule has 7 heteroatoms. The number of carboxylic acids is 1. The minimum atomic E-state index is -0.884. The lowest BCUT2D eigenvalue weighted by molar-refractivity contribution is -0.137.